The number of esters is 1. The Labute approximate surface area is 158 Å². The summed E-state index contributed by atoms with van der Waals surface area (Å²) in [5.74, 6) is -1.00. The lowest BCUT2D eigenvalue weighted by atomic mass is 10.1. The number of benzene rings is 2. The summed E-state index contributed by atoms with van der Waals surface area (Å²) < 4.78 is 70.0. The van der Waals surface area contributed by atoms with Gasteiger partial charge >= 0.3 is 18.5 Å². The number of carbonyl (C=O) groups excluding carboxylic acids is 1. The third-order valence-electron chi connectivity index (χ3n) is 3.36. The van der Waals surface area contributed by atoms with Gasteiger partial charge in [-0.1, -0.05) is 24.3 Å². The maximum Gasteiger partial charge on any atom is 0.461 e. The van der Waals surface area contributed by atoms with Crippen LogP contribution in [0.25, 0.3) is 5.57 Å². The third-order valence-corrected chi connectivity index (χ3v) is 3.36. The van der Waals surface area contributed by atoms with Gasteiger partial charge in [-0.2, -0.15) is 17.6 Å². The van der Waals surface area contributed by atoms with E-state index in [1.807, 2.05) is 0 Å². The Bertz CT molecular complexity index is 852. The Morgan fingerprint density at radius 3 is 2.36 bits per heavy atom. The van der Waals surface area contributed by atoms with Gasteiger partial charge in [0.25, 0.3) is 0 Å². The van der Waals surface area contributed by atoms with Crippen molar-refractivity contribution in [2.45, 2.75) is 12.5 Å². The summed E-state index contributed by atoms with van der Waals surface area (Å²) in [6.07, 6.45) is -7.47. The van der Waals surface area contributed by atoms with Crippen molar-refractivity contribution in [2.24, 2.45) is 0 Å². The predicted octanol–water partition coefficient (Wildman–Crippen LogP) is 4.88. The van der Waals surface area contributed by atoms with Gasteiger partial charge in [0.1, 0.15) is 22.8 Å². The summed E-state index contributed by atoms with van der Waals surface area (Å²) >= 11 is 0. The SMILES string of the molecule is COC=C(C(=O)OC)c1ccccc1Oc1cccc(OC(F)(F)C(F)F)c1. The molecule has 2 rings (SSSR count). The Kier molecular flexibility index (Phi) is 6.86. The van der Waals surface area contributed by atoms with E-state index >= 15 is 0 Å². The van der Waals surface area contributed by atoms with Gasteiger partial charge in [-0.15, -0.1) is 0 Å². The maximum absolute atomic E-state index is 13.1. The lowest BCUT2D eigenvalue weighted by Crippen LogP contribution is -2.33. The van der Waals surface area contributed by atoms with E-state index in [1.54, 1.807) is 18.2 Å². The van der Waals surface area contributed by atoms with Gasteiger partial charge in [-0.3, -0.25) is 0 Å². The zero-order chi connectivity index (χ0) is 20.7. The summed E-state index contributed by atoms with van der Waals surface area (Å²) in [6, 6.07) is 11.1. The predicted molar refractivity (Wildman–Crippen MR) is 91.5 cm³/mol. The molecule has 0 aliphatic rings. The molecule has 0 aromatic heterocycles. The average molecular weight is 400 g/mol. The fourth-order valence-electron chi connectivity index (χ4n) is 2.16. The number of carbonyl (C=O) groups is 1. The van der Waals surface area contributed by atoms with E-state index in [0.29, 0.717) is 5.56 Å². The largest absolute Gasteiger partial charge is 0.503 e. The second-order valence-corrected chi connectivity index (χ2v) is 5.30. The number of alkyl halides is 4. The minimum Gasteiger partial charge on any atom is -0.503 e. The van der Waals surface area contributed by atoms with Gasteiger partial charge in [0.15, 0.2) is 0 Å². The van der Waals surface area contributed by atoms with Crippen LogP contribution in [-0.4, -0.2) is 32.7 Å². The normalized spacial score (nSPS) is 11.9. The first-order chi connectivity index (χ1) is 13.3. The Morgan fingerprint density at radius 1 is 1.04 bits per heavy atom. The molecule has 0 spiro atoms. The van der Waals surface area contributed by atoms with Crippen molar-refractivity contribution < 1.29 is 41.3 Å². The van der Waals surface area contributed by atoms with E-state index in [1.165, 1.54) is 32.4 Å². The smallest absolute Gasteiger partial charge is 0.461 e. The highest BCUT2D eigenvalue weighted by atomic mass is 19.3. The lowest BCUT2D eigenvalue weighted by Gasteiger charge is -2.17. The summed E-state index contributed by atoms with van der Waals surface area (Å²) in [6.45, 7) is 0. The van der Waals surface area contributed by atoms with Gasteiger partial charge in [0, 0.05) is 11.6 Å². The molecule has 9 heteroatoms. The lowest BCUT2D eigenvalue weighted by molar-refractivity contribution is -0.253. The molecular weight excluding hydrogens is 384 g/mol. The number of rotatable bonds is 8. The van der Waals surface area contributed by atoms with Crippen molar-refractivity contribution in [3.05, 3.63) is 60.4 Å². The molecule has 0 N–H and O–H groups in total. The topological polar surface area (TPSA) is 54.0 Å². The molecular formula is C19H16F4O5. The second-order valence-electron chi connectivity index (χ2n) is 5.30. The summed E-state index contributed by atoms with van der Waals surface area (Å²) in [4.78, 5) is 12.0. The Balaban J connectivity index is 2.34. The Morgan fingerprint density at radius 2 is 1.71 bits per heavy atom. The minimum atomic E-state index is -4.64. The summed E-state index contributed by atoms with van der Waals surface area (Å²) in [7, 11) is 2.54. The molecule has 2 aromatic carbocycles. The molecule has 0 saturated heterocycles. The molecule has 0 saturated carbocycles. The van der Waals surface area contributed by atoms with Crippen molar-refractivity contribution in [1.82, 2.24) is 0 Å². The van der Waals surface area contributed by atoms with Crippen LogP contribution in [0.15, 0.2) is 54.8 Å². The average Bonchev–Trinajstić information content (AvgIpc) is 2.66. The van der Waals surface area contributed by atoms with Crippen LogP contribution in [-0.2, 0) is 14.3 Å². The molecule has 0 bridgehead atoms. The molecule has 2 aromatic rings. The number of ether oxygens (including phenoxy) is 4. The van der Waals surface area contributed by atoms with Gasteiger partial charge < -0.3 is 18.9 Å². The van der Waals surface area contributed by atoms with Crippen LogP contribution in [0.2, 0.25) is 0 Å². The maximum atomic E-state index is 13.1. The van der Waals surface area contributed by atoms with Crippen LogP contribution in [0, 0.1) is 0 Å². The van der Waals surface area contributed by atoms with Crippen LogP contribution in [0.3, 0.4) is 0 Å². The van der Waals surface area contributed by atoms with Crippen molar-refractivity contribution in [1.29, 1.82) is 0 Å². The van der Waals surface area contributed by atoms with Gasteiger partial charge in [-0.25, -0.2) is 4.79 Å². The van der Waals surface area contributed by atoms with E-state index < -0.39 is 24.3 Å². The number of hydrogen-bond acceptors (Lipinski definition) is 5. The quantitative estimate of drug-likeness (QED) is 0.274. The first-order valence-corrected chi connectivity index (χ1v) is 7.82. The third kappa shape index (κ3) is 5.15. The highest BCUT2D eigenvalue weighted by Gasteiger charge is 2.44. The van der Waals surface area contributed by atoms with Crippen molar-refractivity contribution in [3.8, 4) is 17.2 Å². The highest BCUT2D eigenvalue weighted by Crippen LogP contribution is 2.34. The highest BCUT2D eigenvalue weighted by molar-refractivity contribution is 6.17. The van der Waals surface area contributed by atoms with Crippen molar-refractivity contribution in [2.75, 3.05) is 14.2 Å². The zero-order valence-electron chi connectivity index (χ0n) is 14.8. The second kappa shape index (κ2) is 9.12. The molecule has 5 nitrogen and oxygen atoms in total. The molecule has 28 heavy (non-hydrogen) atoms. The monoisotopic (exact) mass is 400 g/mol. The van der Waals surface area contributed by atoms with Crippen LogP contribution in [0.4, 0.5) is 17.6 Å². The molecule has 0 aliphatic heterocycles. The van der Waals surface area contributed by atoms with Crippen LogP contribution in [0.1, 0.15) is 5.56 Å². The van der Waals surface area contributed by atoms with Gasteiger partial charge in [0.2, 0.25) is 0 Å². The molecule has 0 atom stereocenters. The van der Waals surface area contributed by atoms with Crippen LogP contribution in [0.5, 0.6) is 17.2 Å². The van der Waals surface area contributed by atoms with E-state index in [2.05, 4.69) is 4.74 Å². The Hall–Kier alpha value is -3.23. The summed E-state index contributed by atoms with van der Waals surface area (Å²) in [5.41, 5.74) is 0.359. The first kappa shape index (κ1) is 21.1. The standard InChI is InChI=1S/C19H16F4O5/c1-25-11-15(17(24)26-2)14-8-3-4-9-16(14)27-12-6-5-7-13(10-12)28-19(22,23)18(20)21/h3-11,18H,1-2H3. The molecule has 150 valence electrons. The fourth-order valence-corrected chi connectivity index (χ4v) is 2.16. The number of halogens is 4. The number of methoxy groups -OCH3 is 2. The van der Waals surface area contributed by atoms with Gasteiger partial charge in [-0.05, 0) is 18.2 Å². The fraction of sp³-hybridized carbons (Fsp3) is 0.211. The van der Waals surface area contributed by atoms with Crippen LogP contribution < -0.4 is 9.47 Å². The van der Waals surface area contributed by atoms with Gasteiger partial charge in [0.05, 0.1) is 20.5 Å². The van der Waals surface area contributed by atoms with E-state index in [4.69, 9.17) is 14.2 Å². The molecule has 0 amide bonds. The van der Waals surface area contributed by atoms with Crippen LogP contribution >= 0.6 is 0 Å². The minimum absolute atomic E-state index is 0.0247. The molecule has 0 aliphatic carbocycles. The van der Waals surface area contributed by atoms with Crippen molar-refractivity contribution >= 4 is 11.5 Å². The zero-order valence-corrected chi connectivity index (χ0v) is 14.8. The van der Waals surface area contributed by atoms with E-state index in [9.17, 15) is 22.4 Å². The molecule has 0 unspecified atom stereocenters. The molecule has 0 fully saturated rings. The number of para-hydroxylation sites is 1. The number of hydrogen-bond donors (Lipinski definition) is 0. The molecule has 0 heterocycles. The van der Waals surface area contributed by atoms with E-state index in [-0.39, 0.29) is 17.1 Å². The summed E-state index contributed by atoms with van der Waals surface area (Å²) in [5, 5.41) is 0. The van der Waals surface area contributed by atoms with E-state index in [0.717, 1.165) is 18.4 Å². The van der Waals surface area contributed by atoms with Crippen molar-refractivity contribution in [3.63, 3.8) is 0 Å². The molecule has 0 radical (unpaired) electrons. The first-order valence-electron chi connectivity index (χ1n) is 7.82.